The van der Waals surface area contributed by atoms with Gasteiger partial charge in [-0.05, 0) is 32.4 Å². The van der Waals surface area contributed by atoms with Crippen LogP contribution in [-0.4, -0.2) is 30.0 Å². The number of nitrogens with zero attached hydrogens (tertiary/aromatic N) is 3. The minimum atomic E-state index is -0.146. The van der Waals surface area contributed by atoms with E-state index in [1.807, 2.05) is 19.9 Å². The smallest absolute Gasteiger partial charge is 0.270 e. The summed E-state index contributed by atoms with van der Waals surface area (Å²) in [6, 6.07) is 6.06. The summed E-state index contributed by atoms with van der Waals surface area (Å²) in [5.74, 6) is -0.146. The summed E-state index contributed by atoms with van der Waals surface area (Å²) < 4.78 is 0. The van der Waals surface area contributed by atoms with E-state index in [2.05, 4.69) is 28.2 Å². The Hall–Kier alpha value is -2.09. The molecule has 114 valence electrons. The van der Waals surface area contributed by atoms with Gasteiger partial charge in [-0.1, -0.05) is 6.92 Å². The van der Waals surface area contributed by atoms with Gasteiger partial charge in [0.15, 0.2) is 0 Å². The summed E-state index contributed by atoms with van der Waals surface area (Å²) in [6.07, 6.45) is 3.35. The zero-order valence-corrected chi connectivity index (χ0v) is 12.9. The number of amides is 1. The quantitative estimate of drug-likeness (QED) is 0.904. The van der Waals surface area contributed by atoms with Crippen LogP contribution in [0, 0.1) is 16.7 Å². The average Bonchev–Trinajstić information content (AvgIpc) is 2.42. The number of pyridine rings is 1. The first kappa shape index (κ1) is 15.3. The van der Waals surface area contributed by atoms with Gasteiger partial charge in [0.05, 0.1) is 18.0 Å². The van der Waals surface area contributed by atoms with E-state index in [9.17, 15) is 4.79 Å². The van der Waals surface area contributed by atoms with Crippen LogP contribution in [0.1, 0.15) is 45.5 Å². The second kappa shape index (κ2) is 6.13. The van der Waals surface area contributed by atoms with E-state index in [4.69, 9.17) is 5.26 Å². The van der Waals surface area contributed by atoms with Gasteiger partial charge in [0.2, 0.25) is 0 Å². The molecule has 1 aliphatic heterocycles. The van der Waals surface area contributed by atoms with Crippen LogP contribution in [-0.2, 0) is 0 Å². The molecule has 0 radical (unpaired) electrons. The van der Waals surface area contributed by atoms with E-state index in [1.165, 1.54) is 0 Å². The maximum Gasteiger partial charge on any atom is 0.270 e. The third-order valence-electron chi connectivity index (χ3n) is 4.02. The first-order valence-corrected chi connectivity index (χ1v) is 7.38. The summed E-state index contributed by atoms with van der Waals surface area (Å²) in [6.45, 7) is 7.75. The molecule has 5 nitrogen and oxygen atoms in total. The van der Waals surface area contributed by atoms with Crippen LogP contribution in [0.4, 0.5) is 5.69 Å². The number of hydrogen-bond donors (Lipinski definition) is 1. The molecule has 0 bridgehead atoms. The van der Waals surface area contributed by atoms with Crippen molar-refractivity contribution in [3.63, 3.8) is 0 Å². The van der Waals surface area contributed by atoms with Crippen molar-refractivity contribution in [1.29, 1.82) is 5.26 Å². The molecule has 1 fully saturated rings. The lowest BCUT2D eigenvalue weighted by molar-refractivity contribution is 0.0938. The van der Waals surface area contributed by atoms with Gasteiger partial charge in [-0.2, -0.15) is 5.26 Å². The highest BCUT2D eigenvalue weighted by molar-refractivity contribution is 5.92. The van der Waals surface area contributed by atoms with E-state index in [0.717, 1.165) is 25.2 Å². The van der Waals surface area contributed by atoms with Crippen LogP contribution in [0.3, 0.4) is 0 Å². The summed E-state index contributed by atoms with van der Waals surface area (Å²) in [5.41, 5.74) is 1.58. The molecule has 2 rings (SSSR count). The molecule has 1 amide bonds. The van der Waals surface area contributed by atoms with E-state index in [1.54, 1.807) is 12.3 Å². The lowest BCUT2D eigenvalue weighted by atomic mass is 9.75. The minimum Gasteiger partial charge on any atom is -0.369 e. The number of hydrogen-bond acceptors (Lipinski definition) is 4. The highest BCUT2D eigenvalue weighted by Gasteiger charge is 2.41. The van der Waals surface area contributed by atoms with Gasteiger partial charge in [0.1, 0.15) is 5.69 Å². The predicted molar refractivity (Wildman–Crippen MR) is 84.1 cm³/mol. The summed E-state index contributed by atoms with van der Waals surface area (Å²) in [7, 11) is 0. The van der Waals surface area contributed by atoms with Gasteiger partial charge < -0.3 is 10.2 Å². The van der Waals surface area contributed by atoms with Gasteiger partial charge in [0.25, 0.3) is 5.91 Å². The Morgan fingerprint density at radius 2 is 2.29 bits per heavy atom. The third kappa shape index (κ3) is 3.33. The molecule has 2 heterocycles. The fraction of sp³-hybridized carbons (Fsp3) is 0.562. The van der Waals surface area contributed by atoms with E-state index < -0.39 is 0 Å². The standard InChI is InChI=1S/C16H22N4O.H2/c1-4-16(7-8-17)10-20(11-16)13-5-6-14(18-9-13)15(21)19-12(2)3;/h5-6,9,12H,4,7,10-11H2,1-3H3,(H,19,21);1H. The second-order valence-electron chi connectivity index (χ2n) is 6.07. The Balaban J connectivity index is 0.00000242. The van der Waals surface area contributed by atoms with Gasteiger partial charge in [-0.15, -0.1) is 0 Å². The highest BCUT2D eigenvalue weighted by Crippen LogP contribution is 2.39. The SMILES string of the molecule is CCC1(CC#N)CN(c2ccc(C(=O)NC(C)C)nc2)C1.[HH]. The Morgan fingerprint density at radius 3 is 2.76 bits per heavy atom. The van der Waals surface area contributed by atoms with E-state index >= 15 is 0 Å². The number of anilines is 1. The predicted octanol–water partition coefficient (Wildman–Crippen LogP) is 2.60. The van der Waals surface area contributed by atoms with Gasteiger partial charge in [-0.3, -0.25) is 4.79 Å². The molecule has 0 unspecified atom stereocenters. The van der Waals surface area contributed by atoms with Crippen molar-refractivity contribution in [2.24, 2.45) is 5.41 Å². The maximum absolute atomic E-state index is 11.8. The molecule has 1 aliphatic rings. The second-order valence-corrected chi connectivity index (χ2v) is 6.07. The van der Waals surface area contributed by atoms with Crippen molar-refractivity contribution < 1.29 is 6.22 Å². The Bertz CT molecular complexity index is 544. The normalized spacial score (nSPS) is 16.2. The fourth-order valence-electron chi connectivity index (χ4n) is 2.62. The molecule has 1 N–H and O–H groups in total. The molecule has 0 spiro atoms. The van der Waals surface area contributed by atoms with Crippen LogP contribution < -0.4 is 10.2 Å². The summed E-state index contributed by atoms with van der Waals surface area (Å²) in [4.78, 5) is 18.3. The molecule has 0 aliphatic carbocycles. The maximum atomic E-state index is 11.8. The Kier molecular flexibility index (Phi) is 4.46. The minimum absolute atomic E-state index is 0. The number of nitriles is 1. The van der Waals surface area contributed by atoms with Crippen LogP contribution in [0.25, 0.3) is 0 Å². The lowest BCUT2D eigenvalue weighted by Crippen LogP contribution is -2.56. The topological polar surface area (TPSA) is 69.0 Å². The van der Waals surface area contributed by atoms with Crippen LogP contribution in [0.5, 0.6) is 0 Å². The molecular formula is C16H24N4O. The molecule has 21 heavy (non-hydrogen) atoms. The van der Waals surface area contributed by atoms with E-state index in [0.29, 0.717) is 12.1 Å². The van der Waals surface area contributed by atoms with Gasteiger partial charge >= 0.3 is 0 Å². The van der Waals surface area contributed by atoms with E-state index in [-0.39, 0.29) is 18.8 Å². The van der Waals surface area contributed by atoms with Crippen molar-refractivity contribution in [2.75, 3.05) is 18.0 Å². The van der Waals surface area contributed by atoms with Crippen molar-refractivity contribution in [1.82, 2.24) is 10.3 Å². The molecular weight excluding hydrogens is 264 g/mol. The van der Waals surface area contributed by atoms with Crippen molar-refractivity contribution in [3.05, 3.63) is 24.0 Å². The zero-order chi connectivity index (χ0) is 15.5. The van der Waals surface area contributed by atoms with Crippen LogP contribution in [0.15, 0.2) is 18.3 Å². The first-order chi connectivity index (χ1) is 9.99. The van der Waals surface area contributed by atoms with Crippen LogP contribution in [0.2, 0.25) is 0 Å². The monoisotopic (exact) mass is 288 g/mol. The molecule has 1 aromatic heterocycles. The number of carbonyl (C=O) groups excluding carboxylic acids is 1. The van der Waals surface area contributed by atoms with Gasteiger partial charge in [0, 0.05) is 32.4 Å². The number of nitrogens with one attached hydrogen (secondary N) is 1. The van der Waals surface area contributed by atoms with Gasteiger partial charge in [-0.25, -0.2) is 4.98 Å². The van der Waals surface area contributed by atoms with Crippen molar-refractivity contribution in [2.45, 2.75) is 39.7 Å². The fourth-order valence-corrected chi connectivity index (χ4v) is 2.62. The zero-order valence-electron chi connectivity index (χ0n) is 12.9. The lowest BCUT2D eigenvalue weighted by Gasteiger charge is -2.50. The third-order valence-corrected chi connectivity index (χ3v) is 4.02. The first-order valence-electron chi connectivity index (χ1n) is 7.38. The summed E-state index contributed by atoms with van der Waals surface area (Å²) in [5, 5.41) is 11.7. The largest absolute Gasteiger partial charge is 0.369 e. The molecule has 5 heteroatoms. The number of aromatic nitrogens is 1. The highest BCUT2D eigenvalue weighted by atomic mass is 16.1. The number of carbonyl (C=O) groups is 1. The Morgan fingerprint density at radius 1 is 1.57 bits per heavy atom. The van der Waals surface area contributed by atoms with Crippen molar-refractivity contribution in [3.8, 4) is 6.07 Å². The van der Waals surface area contributed by atoms with Crippen molar-refractivity contribution >= 4 is 11.6 Å². The van der Waals surface area contributed by atoms with Crippen LogP contribution >= 0.6 is 0 Å². The molecule has 0 saturated carbocycles. The Labute approximate surface area is 127 Å². The number of rotatable bonds is 5. The molecule has 1 aromatic rings. The molecule has 0 atom stereocenters. The molecule has 0 aromatic carbocycles. The summed E-state index contributed by atoms with van der Waals surface area (Å²) >= 11 is 0. The average molecular weight is 288 g/mol. The molecule has 1 saturated heterocycles.